The molecule has 0 radical (unpaired) electrons. The number of nitrogens with one attached hydrogen (secondary N) is 2. The predicted octanol–water partition coefficient (Wildman–Crippen LogP) is 4.58. The monoisotopic (exact) mass is 684 g/mol. The maximum absolute atomic E-state index is 12.5. The van der Waals surface area contributed by atoms with E-state index in [4.69, 9.17) is 9.72 Å². The number of hydrogen-bond donors (Lipinski definition) is 2. The van der Waals surface area contributed by atoms with Gasteiger partial charge in [0.15, 0.2) is 0 Å². The van der Waals surface area contributed by atoms with Crippen LogP contribution in [-0.4, -0.2) is 100 Å². The Balaban J connectivity index is 1.18. The summed E-state index contributed by atoms with van der Waals surface area (Å²) in [6.45, 7) is 9.24. The Kier molecular flexibility index (Phi) is 8.91. The molecule has 3 aliphatic heterocycles. The molecule has 0 amide bonds. The summed E-state index contributed by atoms with van der Waals surface area (Å²) in [6, 6.07) is 10.6. The summed E-state index contributed by atoms with van der Waals surface area (Å²) < 4.78 is 32.9. The summed E-state index contributed by atoms with van der Waals surface area (Å²) >= 11 is 3.55. The van der Waals surface area contributed by atoms with E-state index < -0.39 is 10.0 Å². The number of nitrogens with zero attached hydrogens (tertiary/aromatic N) is 6. The van der Waals surface area contributed by atoms with E-state index in [9.17, 15) is 8.42 Å². The molecule has 2 saturated heterocycles. The molecule has 44 heavy (non-hydrogen) atoms. The van der Waals surface area contributed by atoms with Crippen molar-refractivity contribution in [3.63, 3.8) is 0 Å². The first kappa shape index (κ1) is 30.9. The van der Waals surface area contributed by atoms with E-state index >= 15 is 0 Å². The molecule has 236 valence electrons. The highest BCUT2D eigenvalue weighted by molar-refractivity contribution is 9.10. The second-order valence-corrected chi connectivity index (χ2v) is 14.7. The number of methoxy groups -OCH3 is 1. The minimum Gasteiger partial charge on any atom is -0.494 e. The first-order valence-corrected chi connectivity index (χ1v) is 17.8. The largest absolute Gasteiger partial charge is 0.494 e. The molecule has 0 aliphatic carbocycles. The molecule has 2 aromatic carbocycles. The van der Waals surface area contributed by atoms with Crippen molar-refractivity contribution in [2.45, 2.75) is 32.2 Å². The molecule has 3 aromatic rings. The minimum atomic E-state index is -3.41. The van der Waals surface area contributed by atoms with E-state index in [1.807, 2.05) is 18.2 Å². The molecule has 6 rings (SSSR count). The molecular weight excluding hydrogens is 644 g/mol. The zero-order valence-electron chi connectivity index (χ0n) is 25.8. The van der Waals surface area contributed by atoms with Crippen molar-refractivity contribution < 1.29 is 13.2 Å². The van der Waals surface area contributed by atoms with E-state index in [2.05, 4.69) is 72.4 Å². The molecule has 4 heterocycles. The number of sulfonamides is 1. The van der Waals surface area contributed by atoms with Crippen LogP contribution in [0.15, 0.2) is 41.0 Å². The second kappa shape index (κ2) is 12.7. The van der Waals surface area contributed by atoms with Crippen LogP contribution >= 0.6 is 15.9 Å². The average molecular weight is 686 g/mol. The van der Waals surface area contributed by atoms with Crippen LogP contribution < -0.4 is 24.6 Å². The standard InChI is InChI=1S/C31H41BrN8O3S/c1-21-18-26(28(43-3)19-27(21)39-11-9-23(10-12-39)38-16-14-37(2)15-17-38)35-31-33-20-24(32)30(36-31)34-25-7-5-6-22-8-13-40(29(22)25)44(4,41)42/h5-7,18-20,23H,8-17H2,1-4H3,(H2,33,34,35,36). The average Bonchev–Trinajstić information content (AvgIpc) is 3.46. The van der Waals surface area contributed by atoms with Crippen LogP contribution in [-0.2, 0) is 16.4 Å². The fraction of sp³-hybridized carbons (Fsp3) is 0.484. The van der Waals surface area contributed by atoms with Gasteiger partial charge in [-0.15, -0.1) is 0 Å². The molecule has 0 bridgehead atoms. The van der Waals surface area contributed by atoms with Crippen molar-refractivity contribution >= 4 is 60.5 Å². The summed E-state index contributed by atoms with van der Waals surface area (Å²) in [5, 5.41) is 6.68. The van der Waals surface area contributed by atoms with Crippen LogP contribution in [0.5, 0.6) is 5.75 Å². The van der Waals surface area contributed by atoms with E-state index in [0.717, 1.165) is 61.8 Å². The number of para-hydroxylation sites is 1. The molecule has 0 unspecified atom stereocenters. The zero-order valence-corrected chi connectivity index (χ0v) is 28.2. The van der Waals surface area contributed by atoms with Gasteiger partial charge in [-0.25, -0.2) is 13.4 Å². The lowest BCUT2D eigenvalue weighted by Crippen LogP contribution is -2.52. The fourth-order valence-corrected chi connectivity index (χ4v) is 7.82. The Labute approximate surface area is 268 Å². The first-order valence-electron chi connectivity index (χ1n) is 15.1. The Morgan fingerprint density at radius 1 is 1.00 bits per heavy atom. The summed E-state index contributed by atoms with van der Waals surface area (Å²) in [6.07, 6.45) is 5.91. The van der Waals surface area contributed by atoms with Gasteiger partial charge in [-0.3, -0.25) is 9.21 Å². The number of rotatable bonds is 8. The van der Waals surface area contributed by atoms with Gasteiger partial charge in [0.2, 0.25) is 16.0 Å². The Hall–Kier alpha value is -3.13. The lowest BCUT2D eigenvalue weighted by molar-refractivity contribution is 0.0982. The minimum absolute atomic E-state index is 0.390. The number of halogens is 1. The van der Waals surface area contributed by atoms with Gasteiger partial charge < -0.3 is 25.2 Å². The lowest BCUT2D eigenvalue weighted by Gasteiger charge is -2.43. The van der Waals surface area contributed by atoms with Gasteiger partial charge >= 0.3 is 0 Å². The van der Waals surface area contributed by atoms with Gasteiger partial charge in [0.25, 0.3) is 0 Å². The molecular formula is C31H41BrN8O3S. The third-order valence-electron chi connectivity index (χ3n) is 8.97. The number of hydrogen-bond acceptors (Lipinski definition) is 10. The third kappa shape index (κ3) is 6.46. The molecule has 2 fully saturated rings. The van der Waals surface area contributed by atoms with E-state index in [-0.39, 0.29) is 0 Å². The van der Waals surface area contributed by atoms with Crippen LogP contribution in [0.2, 0.25) is 0 Å². The molecule has 11 nitrogen and oxygen atoms in total. The predicted molar refractivity (Wildman–Crippen MR) is 181 cm³/mol. The normalized spacial score (nSPS) is 18.4. The van der Waals surface area contributed by atoms with Gasteiger partial charge in [0.05, 0.1) is 34.9 Å². The Morgan fingerprint density at radius 3 is 2.45 bits per heavy atom. The fourth-order valence-electron chi connectivity index (χ4n) is 6.56. The zero-order chi connectivity index (χ0) is 31.0. The number of fused-ring (bicyclic) bond motifs is 1. The summed E-state index contributed by atoms with van der Waals surface area (Å²) in [4.78, 5) is 16.8. The van der Waals surface area contributed by atoms with Gasteiger partial charge in [-0.05, 0) is 72.4 Å². The maximum Gasteiger partial charge on any atom is 0.232 e. The molecule has 0 spiro atoms. The number of aryl methyl sites for hydroxylation is 1. The van der Waals surface area contributed by atoms with Crippen LogP contribution in [0.3, 0.4) is 0 Å². The topological polar surface area (TPSA) is 106 Å². The summed E-state index contributed by atoms with van der Waals surface area (Å²) in [7, 11) is 0.478. The van der Waals surface area contributed by atoms with E-state index in [1.165, 1.54) is 29.1 Å². The number of anilines is 6. The highest BCUT2D eigenvalue weighted by Crippen LogP contribution is 2.40. The summed E-state index contributed by atoms with van der Waals surface area (Å²) in [5.74, 6) is 1.63. The highest BCUT2D eigenvalue weighted by Gasteiger charge is 2.30. The number of ether oxygens (including phenoxy) is 1. The van der Waals surface area contributed by atoms with Crippen molar-refractivity contribution in [2.75, 3.05) is 86.1 Å². The van der Waals surface area contributed by atoms with Crippen LogP contribution in [0.25, 0.3) is 0 Å². The first-order chi connectivity index (χ1) is 21.1. The van der Waals surface area contributed by atoms with Crippen LogP contribution in [0.1, 0.15) is 24.0 Å². The quantitative estimate of drug-likeness (QED) is 0.350. The van der Waals surface area contributed by atoms with E-state index in [0.29, 0.717) is 46.6 Å². The van der Waals surface area contributed by atoms with Crippen molar-refractivity contribution in [3.05, 3.63) is 52.1 Å². The molecule has 0 saturated carbocycles. The number of aromatic nitrogens is 2. The molecule has 0 atom stereocenters. The van der Waals surface area contributed by atoms with Crippen molar-refractivity contribution in [1.29, 1.82) is 0 Å². The molecule has 3 aliphatic rings. The Bertz CT molecular complexity index is 1620. The molecule has 2 N–H and O–H groups in total. The highest BCUT2D eigenvalue weighted by atomic mass is 79.9. The second-order valence-electron chi connectivity index (χ2n) is 11.9. The number of piperazine rings is 1. The van der Waals surface area contributed by atoms with Gasteiger partial charge in [0, 0.05) is 69.8 Å². The lowest BCUT2D eigenvalue weighted by atomic mass is 10.0. The van der Waals surface area contributed by atoms with Crippen molar-refractivity contribution in [2.24, 2.45) is 0 Å². The SMILES string of the molecule is COc1cc(N2CCC(N3CCN(C)CC3)CC2)c(C)cc1Nc1ncc(Br)c(Nc2cccc3c2N(S(C)(=O)=O)CC3)n1. The smallest absolute Gasteiger partial charge is 0.232 e. The van der Waals surface area contributed by atoms with E-state index in [1.54, 1.807) is 13.3 Å². The van der Waals surface area contributed by atoms with Gasteiger partial charge in [-0.2, -0.15) is 4.98 Å². The summed E-state index contributed by atoms with van der Waals surface area (Å²) in [5.41, 5.74) is 5.44. The third-order valence-corrected chi connectivity index (χ3v) is 10.7. The Morgan fingerprint density at radius 2 is 1.75 bits per heavy atom. The number of piperidine rings is 1. The number of likely N-dealkylation sites (N-methyl/N-ethyl adjacent to an activating group) is 1. The maximum atomic E-state index is 12.5. The number of benzene rings is 2. The van der Waals surface area contributed by atoms with Crippen molar-refractivity contribution in [1.82, 2.24) is 19.8 Å². The molecule has 13 heteroatoms. The molecule has 1 aromatic heterocycles. The van der Waals surface area contributed by atoms with Gasteiger partial charge in [0.1, 0.15) is 11.6 Å². The van der Waals surface area contributed by atoms with Crippen LogP contribution in [0.4, 0.5) is 34.5 Å². The van der Waals surface area contributed by atoms with Crippen LogP contribution in [0, 0.1) is 6.92 Å². The van der Waals surface area contributed by atoms with Gasteiger partial charge in [-0.1, -0.05) is 12.1 Å². The van der Waals surface area contributed by atoms with Crippen molar-refractivity contribution in [3.8, 4) is 5.75 Å².